The molecule has 4 heteroatoms. The average molecular weight is 266 g/mol. The molecule has 20 heavy (non-hydrogen) atoms. The molecular formula is C16H18N4. The van der Waals surface area contributed by atoms with Crippen molar-refractivity contribution in [1.29, 1.82) is 0 Å². The molecule has 0 bridgehead atoms. The van der Waals surface area contributed by atoms with Gasteiger partial charge in [0.2, 0.25) is 12.0 Å². The van der Waals surface area contributed by atoms with Gasteiger partial charge in [-0.3, -0.25) is 4.90 Å². The first-order valence-corrected chi connectivity index (χ1v) is 6.51. The summed E-state index contributed by atoms with van der Waals surface area (Å²) in [6.45, 7) is 22.9. The minimum absolute atomic E-state index is 0.0241. The molecule has 0 saturated heterocycles. The van der Waals surface area contributed by atoms with Crippen LogP contribution in [0.3, 0.4) is 0 Å². The van der Waals surface area contributed by atoms with E-state index in [1.807, 2.05) is 30.7 Å². The van der Waals surface area contributed by atoms with E-state index in [-0.39, 0.29) is 6.17 Å². The molecule has 0 amide bonds. The lowest BCUT2D eigenvalue weighted by Crippen LogP contribution is -2.35. The number of hydrogen-bond acceptors (Lipinski definition) is 2. The topological polar surface area (TPSA) is 15.2 Å². The van der Waals surface area contributed by atoms with Crippen LogP contribution >= 0.6 is 0 Å². The zero-order valence-electron chi connectivity index (χ0n) is 12.5. The maximum Gasteiger partial charge on any atom is 0.253 e. The lowest BCUT2D eigenvalue weighted by atomic mass is 10.0. The van der Waals surface area contributed by atoms with E-state index in [9.17, 15) is 0 Å². The van der Waals surface area contributed by atoms with Crippen molar-refractivity contribution < 1.29 is 0 Å². The third-order valence-corrected chi connectivity index (χ3v) is 3.98. The zero-order chi connectivity index (χ0) is 15.0. The molecular weight excluding hydrogens is 248 g/mol. The third kappa shape index (κ3) is 1.90. The molecule has 1 aromatic carbocycles. The van der Waals surface area contributed by atoms with Crippen LogP contribution in [0.5, 0.6) is 0 Å². The summed E-state index contributed by atoms with van der Waals surface area (Å²) < 4.78 is 0. The normalized spacial score (nSPS) is 18.2. The van der Waals surface area contributed by atoms with E-state index in [2.05, 4.69) is 35.7 Å². The SMILES string of the molecule is [C-]#[N+]C1=C([N+]#[C-])N(c2cc(C)c(C)cc2C)[C@@H](C)N1C. The van der Waals surface area contributed by atoms with Gasteiger partial charge in [-0.25, -0.2) is 0 Å². The van der Waals surface area contributed by atoms with Crippen LogP contribution in [0.2, 0.25) is 0 Å². The molecule has 0 N–H and O–H groups in total. The molecule has 0 aliphatic carbocycles. The van der Waals surface area contributed by atoms with Crippen LogP contribution in [0.4, 0.5) is 5.69 Å². The van der Waals surface area contributed by atoms with E-state index >= 15 is 0 Å². The van der Waals surface area contributed by atoms with Crippen LogP contribution in [0.15, 0.2) is 23.8 Å². The van der Waals surface area contributed by atoms with E-state index in [4.69, 9.17) is 13.1 Å². The maximum atomic E-state index is 7.42. The summed E-state index contributed by atoms with van der Waals surface area (Å²) in [7, 11) is 1.86. The predicted molar refractivity (Wildman–Crippen MR) is 80.6 cm³/mol. The summed E-state index contributed by atoms with van der Waals surface area (Å²) in [6.07, 6.45) is -0.0241. The summed E-state index contributed by atoms with van der Waals surface area (Å²) in [5, 5.41) is 0. The second kappa shape index (κ2) is 4.90. The smallest absolute Gasteiger partial charge is 0.253 e. The lowest BCUT2D eigenvalue weighted by molar-refractivity contribution is 0.364. The van der Waals surface area contributed by atoms with Gasteiger partial charge in [0.15, 0.2) is 0 Å². The number of benzene rings is 1. The Morgan fingerprint density at radius 3 is 2.05 bits per heavy atom. The first kappa shape index (κ1) is 14.0. The van der Waals surface area contributed by atoms with Crippen molar-refractivity contribution in [3.8, 4) is 0 Å². The Morgan fingerprint density at radius 2 is 1.50 bits per heavy atom. The summed E-state index contributed by atoms with van der Waals surface area (Å²) >= 11 is 0. The van der Waals surface area contributed by atoms with Crippen molar-refractivity contribution in [3.05, 3.63) is 63.3 Å². The van der Waals surface area contributed by atoms with E-state index in [0.29, 0.717) is 11.6 Å². The average Bonchev–Trinajstić information content (AvgIpc) is 2.66. The van der Waals surface area contributed by atoms with Crippen LogP contribution in [-0.4, -0.2) is 18.1 Å². The van der Waals surface area contributed by atoms with Crippen molar-refractivity contribution in [1.82, 2.24) is 4.90 Å². The monoisotopic (exact) mass is 266 g/mol. The highest BCUT2D eigenvalue weighted by molar-refractivity contribution is 5.64. The second-order valence-electron chi connectivity index (χ2n) is 5.21. The first-order chi connectivity index (χ1) is 9.42. The minimum Gasteiger partial charge on any atom is -0.374 e. The Kier molecular flexibility index (Phi) is 3.42. The molecule has 1 atom stereocenters. The molecule has 1 aliphatic heterocycles. The molecule has 102 valence electrons. The fourth-order valence-electron chi connectivity index (χ4n) is 2.55. The van der Waals surface area contributed by atoms with Gasteiger partial charge in [0.1, 0.15) is 5.69 Å². The van der Waals surface area contributed by atoms with Gasteiger partial charge in [0.25, 0.3) is 5.82 Å². The van der Waals surface area contributed by atoms with Crippen LogP contribution in [0.1, 0.15) is 23.6 Å². The van der Waals surface area contributed by atoms with Gasteiger partial charge in [-0.05, 0) is 43.5 Å². The molecule has 4 nitrogen and oxygen atoms in total. The summed E-state index contributed by atoms with van der Waals surface area (Å²) in [6, 6.07) is 4.24. The highest BCUT2D eigenvalue weighted by Gasteiger charge is 2.39. The van der Waals surface area contributed by atoms with Gasteiger partial charge >= 0.3 is 0 Å². The molecule has 1 aromatic rings. The van der Waals surface area contributed by atoms with Crippen molar-refractivity contribution in [2.75, 3.05) is 11.9 Å². The van der Waals surface area contributed by atoms with E-state index in [1.54, 1.807) is 0 Å². The van der Waals surface area contributed by atoms with E-state index in [1.165, 1.54) is 11.1 Å². The maximum absolute atomic E-state index is 7.42. The molecule has 1 aliphatic rings. The molecule has 1 heterocycles. The van der Waals surface area contributed by atoms with Crippen molar-refractivity contribution in [3.63, 3.8) is 0 Å². The predicted octanol–water partition coefficient (Wildman–Crippen LogP) is 3.67. The standard InChI is InChI=1S/C16H18N4/c1-10-8-12(3)14(9-11(10)2)20-13(4)19(7)15(17-5)16(20)18-6/h8-9,13H,1-4,7H3/t13-/m0/s1. The van der Waals surface area contributed by atoms with Gasteiger partial charge in [-0.2, -0.15) is 0 Å². The highest BCUT2D eigenvalue weighted by atomic mass is 15.5. The Bertz CT molecular complexity index is 673. The van der Waals surface area contributed by atoms with Crippen molar-refractivity contribution in [2.45, 2.75) is 33.9 Å². The molecule has 0 unspecified atom stereocenters. The molecule has 0 radical (unpaired) electrons. The van der Waals surface area contributed by atoms with Gasteiger partial charge in [-0.1, -0.05) is 19.2 Å². The second-order valence-corrected chi connectivity index (χ2v) is 5.21. The molecule has 0 spiro atoms. The quantitative estimate of drug-likeness (QED) is 0.720. The van der Waals surface area contributed by atoms with Crippen LogP contribution in [0.25, 0.3) is 9.69 Å². The molecule has 2 rings (SSSR count). The van der Waals surface area contributed by atoms with Crippen LogP contribution in [-0.2, 0) is 0 Å². The molecule has 0 aromatic heterocycles. The number of anilines is 1. The van der Waals surface area contributed by atoms with Gasteiger partial charge in [0.05, 0.1) is 7.05 Å². The number of nitrogens with zero attached hydrogens (tertiary/aromatic N) is 4. The number of hydrogen-bond donors (Lipinski definition) is 0. The number of aryl methyl sites for hydroxylation is 3. The third-order valence-electron chi connectivity index (χ3n) is 3.98. The van der Waals surface area contributed by atoms with Gasteiger partial charge < -0.3 is 14.6 Å². The zero-order valence-corrected chi connectivity index (χ0v) is 12.5. The fraction of sp³-hybridized carbons (Fsp3) is 0.375. The van der Waals surface area contributed by atoms with Crippen molar-refractivity contribution in [2.24, 2.45) is 0 Å². The summed E-state index contributed by atoms with van der Waals surface area (Å²) in [5.41, 5.74) is 4.57. The Morgan fingerprint density at radius 1 is 0.950 bits per heavy atom. The van der Waals surface area contributed by atoms with E-state index < -0.39 is 0 Å². The van der Waals surface area contributed by atoms with Crippen LogP contribution in [0, 0.1) is 33.9 Å². The Balaban J connectivity index is 2.64. The summed E-state index contributed by atoms with van der Waals surface area (Å²) in [5.74, 6) is 0.839. The first-order valence-electron chi connectivity index (χ1n) is 6.51. The van der Waals surface area contributed by atoms with Crippen LogP contribution < -0.4 is 4.90 Å². The minimum atomic E-state index is -0.0241. The van der Waals surface area contributed by atoms with Gasteiger partial charge in [-0.15, -0.1) is 0 Å². The molecule has 0 fully saturated rings. The fourth-order valence-corrected chi connectivity index (χ4v) is 2.55. The molecule has 0 saturated carbocycles. The van der Waals surface area contributed by atoms with Crippen molar-refractivity contribution >= 4 is 5.69 Å². The van der Waals surface area contributed by atoms with Gasteiger partial charge in [0, 0.05) is 6.92 Å². The number of rotatable bonds is 1. The Hall–Kier alpha value is -2.46. The lowest BCUT2D eigenvalue weighted by Gasteiger charge is -2.25. The highest BCUT2D eigenvalue weighted by Crippen LogP contribution is 2.37. The summed E-state index contributed by atoms with van der Waals surface area (Å²) in [4.78, 5) is 10.9. The largest absolute Gasteiger partial charge is 0.374 e. The van der Waals surface area contributed by atoms with E-state index in [0.717, 1.165) is 11.3 Å². The Labute approximate surface area is 120 Å².